The molecule has 1 N–H and O–H groups in total. The number of fused-ring (bicyclic) bond motifs is 1. The Morgan fingerprint density at radius 1 is 1.50 bits per heavy atom. The molecule has 3 rings (SSSR count). The molecule has 0 saturated carbocycles. The zero-order valence-corrected chi connectivity index (χ0v) is 13.6. The Bertz CT molecular complexity index is 650. The van der Waals surface area contributed by atoms with Crippen LogP contribution in [0.25, 0.3) is 11.0 Å². The first-order valence-corrected chi connectivity index (χ1v) is 8.98. The number of para-hydroxylation sites is 2. The Hall–Kier alpha value is -1.53. The number of hydrogen-bond acceptors (Lipinski definition) is 4. The second-order valence-corrected chi connectivity index (χ2v) is 6.34. The highest BCUT2D eigenvalue weighted by Gasteiger charge is 2.17. The number of aromatic nitrogens is 2. The zero-order chi connectivity index (χ0) is 15.4. The van der Waals surface area contributed by atoms with Crippen molar-refractivity contribution in [2.24, 2.45) is 0 Å². The molecule has 0 aliphatic carbocycles. The van der Waals surface area contributed by atoms with Crippen molar-refractivity contribution >= 4 is 28.7 Å². The molecule has 1 aliphatic heterocycles. The van der Waals surface area contributed by atoms with Gasteiger partial charge in [0.15, 0.2) is 0 Å². The SMILES string of the molecule is CSCc1nc2ccccc2n1CC(=O)NCC1CCCO1. The smallest absolute Gasteiger partial charge is 0.240 e. The number of nitrogens with one attached hydrogen (secondary N) is 1. The zero-order valence-electron chi connectivity index (χ0n) is 12.7. The number of benzene rings is 1. The Kier molecular flexibility index (Phi) is 5.00. The van der Waals surface area contributed by atoms with Gasteiger partial charge in [-0.1, -0.05) is 12.1 Å². The molecule has 1 unspecified atom stereocenters. The van der Waals surface area contributed by atoms with Gasteiger partial charge < -0.3 is 14.6 Å². The first kappa shape index (κ1) is 15.4. The summed E-state index contributed by atoms with van der Waals surface area (Å²) in [5.74, 6) is 1.76. The quantitative estimate of drug-likeness (QED) is 0.887. The first-order chi connectivity index (χ1) is 10.8. The van der Waals surface area contributed by atoms with Crippen LogP contribution in [0.4, 0.5) is 0 Å². The summed E-state index contributed by atoms with van der Waals surface area (Å²) >= 11 is 1.71. The molecule has 0 bridgehead atoms. The predicted molar refractivity (Wildman–Crippen MR) is 88.9 cm³/mol. The maximum absolute atomic E-state index is 12.2. The van der Waals surface area contributed by atoms with E-state index in [1.807, 2.05) is 35.1 Å². The lowest BCUT2D eigenvalue weighted by Gasteiger charge is -2.12. The van der Waals surface area contributed by atoms with Gasteiger partial charge in [-0.15, -0.1) is 0 Å². The molecule has 5 nitrogen and oxygen atoms in total. The summed E-state index contributed by atoms with van der Waals surface area (Å²) in [6.45, 7) is 1.72. The normalized spacial score (nSPS) is 18.0. The van der Waals surface area contributed by atoms with E-state index in [1.54, 1.807) is 11.8 Å². The second-order valence-electron chi connectivity index (χ2n) is 5.48. The lowest BCUT2D eigenvalue weighted by molar-refractivity contribution is -0.122. The van der Waals surface area contributed by atoms with E-state index in [-0.39, 0.29) is 12.0 Å². The van der Waals surface area contributed by atoms with E-state index in [2.05, 4.69) is 10.3 Å². The summed E-state index contributed by atoms with van der Waals surface area (Å²) < 4.78 is 7.54. The summed E-state index contributed by atoms with van der Waals surface area (Å²) in [4.78, 5) is 16.9. The molecule has 1 amide bonds. The van der Waals surface area contributed by atoms with Gasteiger partial charge in [-0.3, -0.25) is 4.79 Å². The Morgan fingerprint density at radius 2 is 2.36 bits per heavy atom. The van der Waals surface area contributed by atoms with Crippen molar-refractivity contribution in [2.75, 3.05) is 19.4 Å². The van der Waals surface area contributed by atoms with Gasteiger partial charge in [0, 0.05) is 13.2 Å². The highest BCUT2D eigenvalue weighted by Crippen LogP contribution is 2.19. The number of carbonyl (C=O) groups is 1. The maximum Gasteiger partial charge on any atom is 0.240 e. The van der Waals surface area contributed by atoms with Crippen molar-refractivity contribution in [2.45, 2.75) is 31.2 Å². The van der Waals surface area contributed by atoms with Crippen LogP contribution in [-0.2, 0) is 21.8 Å². The lowest BCUT2D eigenvalue weighted by Crippen LogP contribution is -2.34. The minimum absolute atomic E-state index is 0.0148. The van der Waals surface area contributed by atoms with Crippen LogP contribution in [0.2, 0.25) is 0 Å². The molecule has 0 radical (unpaired) electrons. The Morgan fingerprint density at radius 3 is 3.14 bits per heavy atom. The third-order valence-electron chi connectivity index (χ3n) is 3.86. The number of rotatable bonds is 6. The average molecular weight is 319 g/mol. The van der Waals surface area contributed by atoms with Gasteiger partial charge >= 0.3 is 0 Å². The van der Waals surface area contributed by atoms with Gasteiger partial charge in [-0.25, -0.2) is 4.98 Å². The van der Waals surface area contributed by atoms with Crippen molar-refractivity contribution in [1.82, 2.24) is 14.9 Å². The number of amides is 1. The number of imidazole rings is 1. The summed E-state index contributed by atoms with van der Waals surface area (Å²) in [5, 5.41) is 2.98. The molecular weight excluding hydrogens is 298 g/mol. The number of ether oxygens (including phenoxy) is 1. The van der Waals surface area contributed by atoms with Gasteiger partial charge in [0.05, 0.1) is 22.9 Å². The third kappa shape index (κ3) is 3.44. The van der Waals surface area contributed by atoms with Crippen molar-refractivity contribution in [3.63, 3.8) is 0 Å². The molecule has 2 aromatic rings. The van der Waals surface area contributed by atoms with Crippen LogP contribution >= 0.6 is 11.8 Å². The summed E-state index contributed by atoms with van der Waals surface area (Å²) in [6, 6.07) is 7.95. The van der Waals surface area contributed by atoms with Crippen LogP contribution < -0.4 is 5.32 Å². The topological polar surface area (TPSA) is 56.2 Å². The van der Waals surface area contributed by atoms with E-state index in [0.29, 0.717) is 13.1 Å². The fourth-order valence-corrected chi connectivity index (χ4v) is 3.25. The fraction of sp³-hybridized carbons (Fsp3) is 0.500. The maximum atomic E-state index is 12.2. The van der Waals surface area contributed by atoms with Crippen molar-refractivity contribution in [1.29, 1.82) is 0 Å². The highest BCUT2D eigenvalue weighted by molar-refractivity contribution is 7.97. The standard InChI is InChI=1S/C16H21N3O2S/c1-22-11-15-18-13-6-2-3-7-14(13)19(15)10-16(20)17-9-12-5-4-8-21-12/h2-3,6-7,12H,4-5,8-11H2,1H3,(H,17,20). The van der Waals surface area contributed by atoms with E-state index < -0.39 is 0 Å². The van der Waals surface area contributed by atoms with Gasteiger partial charge in [0.1, 0.15) is 12.4 Å². The summed E-state index contributed by atoms with van der Waals surface area (Å²) in [6.07, 6.45) is 4.34. The third-order valence-corrected chi connectivity index (χ3v) is 4.41. The van der Waals surface area contributed by atoms with E-state index in [0.717, 1.165) is 42.1 Å². The molecule has 1 atom stereocenters. The van der Waals surface area contributed by atoms with Crippen molar-refractivity contribution in [3.05, 3.63) is 30.1 Å². The van der Waals surface area contributed by atoms with E-state index >= 15 is 0 Å². The van der Waals surface area contributed by atoms with Gasteiger partial charge in [0.2, 0.25) is 5.91 Å². The molecule has 2 heterocycles. The average Bonchev–Trinajstić information content (AvgIpc) is 3.15. The monoisotopic (exact) mass is 319 g/mol. The fourth-order valence-electron chi connectivity index (χ4n) is 2.77. The van der Waals surface area contributed by atoms with Crippen LogP contribution in [0.3, 0.4) is 0 Å². The van der Waals surface area contributed by atoms with Gasteiger partial charge in [-0.05, 0) is 31.2 Å². The van der Waals surface area contributed by atoms with Crippen LogP contribution in [-0.4, -0.2) is 41.0 Å². The Balaban J connectivity index is 1.71. The van der Waals surface area contributed by atoms with Crippen LogP contribution in [0.1, 0.15) is 18.7 Å². The van der Waals surface area contributed by atoms with Gasteiger partial charge in [0.25, 0.3) is 0 Å². The lowest BCUT2D eigenvalue weighted by atomic mass is 10.2. The van der Waals surface area contributed by atoms with E-state index in [4.69, 9.17) is 4.74 Å². The highest BCUT2D eigenvalue weighted by atomic mass is 32.2. The van der Waals surface area contributed by atoms with E-state index in [1.165, 1.54) is 0 Å². The molecular formula is C16H21N3O2S. The number of carbonyl (C=O) groups excluding carboxylic acids is 1. The largest absolute Gasteiger partial charge is 0.376 e. The molecule has 1 aromatic carbocycles. The first-order valence-electron chi connectivity index (χ1n) is 7.59. The molecule has 1 aliphatic rings. The Labute approximate surface area is 134 Å². The summed E-state index contributed by atoms with van der Waals surface area (Å²) in [5.41, 5.74) is 1.96. The van der Waals surface area contributed by atoms with Crippen molar-refractivity contribution < 1.29 is 9.53 Å². The molecule has 6 heteroatoms. The molecule has 1 fully saturated rings. The second kappa shape index (κ2) is 7.15. The molecule has 1 saturated heterocycles. The number of hydrogen-bond donors (Lipinski definition) is 1. The summed E-state index contributed by atoms with van der Waals surface area (Å²) in [7, 11) is 0. The van der Waals surface area contributed by atoms with Crippen LogP contribution in [0.5, 0.6) is 0 Å². The molecule has 0 spiro atoms. The minimum Gasteiger partial charge on any atom is -0.376 e. The number of thioether (sulfide) groups is 1. The van der Waals surface area contributed by atoms with Gasteiger partial charge in [-0.2, -0.15) is 11.8 Å². The van der Waals surface area contributed by atoms with Crippen LogP contribution in [0.15, 0.2) is 24.3 Å². The van der Waals surface area contributed by atoms with E-state index in [9.17, 15) is 4.79 Å². The molecule has 118 valence electrons. The van der Waals surface area contributed by atoms with Crippen LogP contribution in [0, 0.1) is 0 Å². The number of nitrogens with zero attached hydrogens (tertiary/aromatic N) is 2. The molecule has 22 heavy (non-hydrogen) atoms. The minimum atomic E-state index is 0.0148. The molecule has 1 aromatic heterocycles. The van der Waals surface area contributed by atoms with Crippen molar-refractivity contribution in [3.8, 4) is 0 Å². The predicted octanol–water partition coefficient (Wildman–Crippen LogP) is 2.19.